The maximum absolute atomic E-state index is 12.6. The van der Waals surface area contributed by atoms with E-state index >= 15 is 0 Å². The Labute approximate surface area is 142 Å². The molecular formula is C17H20ClNO3S. The zero-order valence-electron chi connectivity index (χ0n) is 13.6. The second-order valence-corrected chi connectivity index (χ2v) is 7.74. The molecule has 0 unspecified atom stereocenters. The van der Waals surface area contributed by atoms with Gasteiger partial charge in [0.1, 0.15) is 5.75 Å². The fourth-order valence-electron chi connectivity index (χ4n) is 2.21. The predicted octanol–water partition coefficient (Wildman–Crippen LogP) is 4.58. The fourth-order valence-corrected chi connectivity index (χ4v) is 3.53. The van der Waals surface area contributed by atoms with E-state index in [1.807, 2.05) is 20.8 Å². The SMILES string of the molecule is COc1cc(C(C)C)c(NS(=O)(=O)c2ccc(C)cc2)cc1Cl. The molecule has 4 nitrogen and oxygen atoms in total. The van der Waals surface area contributed by atoms with Crippen molar-refractivity contribution >= 4 is 27.3 Å². The number of nitrogens with one attached hydrogen (secondary N) is 1. The topological polar surface area (TPSA) is 55.4 Å². The van der Waals surface area contributed by atoms with Crippen LogP contribution in [0.2, 0.25) is 5.02 Å². The van der Waals surface area contributed by atoms with Crippen LogP contribution in [0.5, 0.6) is 5.75 Å². The van der Waals surface area contributed by atoms with Crippen LogP contribution in [-0.4, -0.2) is 15.5 Å². The van der Waals surface area contributed by atoms with Crippen molar-refractivity contribution in [3.05, 3.63) is 52.5 Å². The number of methoxy groups -OCH3 is 1. The maximum atomic E-state index is 12.6. The molecule has 0 aliphatic rings. The van der Waals surface area contributed by atoms with Gasteiger partial charge in [0.2, 0.25) is 0 Å². The summed E-state index contributed by atoms with van der Waals surface area (Å²) in [6.45, 7) is 5.86. The van der Waals surface area contributed by atoms with Gasteiger partial charge in [-0.25, -0.2) is 8.42 Å². The molecule has 2 rings (SSSR count). The number of anilines is 1. The standard InChI is InChI=1S/C17H20ClNO3S/c1-11(2)14-9-17(22-4)15(18)10-16(14)19-23(20,21)13-7-5-12(3)6-8-13/h5-11,19H,1-4H3. The monoisotopic (exact) mass is 353 g/mol. The largest absolute Gasteiger partial charge is 0.495 e. The highest BCUT2D eigenvalue weighted by atomic mass is 35.5. The van der Waals surface area contributed by atoms with Gasteiger partial charge in [0.25, 0.3) is 10.0 Å². The molecule has 2 aromatic carbocycles. The molecule has 0 heterocycles. The average molecular weight is 354 g/mol. The summed E-state index contributed by atoms with van der Waals surface area (Å²) in [7, 11) is -2.14. The van der Waals surface area contributed by atoms with Crippen molar-refractivity contribution in [1.82, 2.24) is 0 Å². The van der Waals surface area contributed by atoms with Crippen LogP contribution in [-0.2, 0) is 10.0 Å². The van der Waals surface area contributed by atoms with Crippen molar-refractivity contribution in [2.24, 2.45) is 0 Å². The van der Waals surface area contributed by atoms with Crippen LogP contribution in [0, 0.1) is 6.92 Å². The molecule has 0 radical (unpaired) electrons. The van der Waals surface area contributed by atoms with Crippen LogP contribution < -0.4 is 9.46 Å². The Morgan fingerprint density at radius 1 is 1.13 bits per heavy atom. The lowest BCUT2D eigenvalue weighted by molar-refractivity contribution is 0.414. The first-order valence-electron chi connectivity index (χ1n) is 7.21. The molecule has 6 heteroatoms. The molecule has 0 saturated carbocycles. The van der Waals surface area contributed by atoms with Gasteiger partial charge in [-0.2, -0.15) is 0 Å². The molecule has 0 aliphatic heterocycles. The number of aryl methyl sites for hydroxylation is 1. The van der Waals surface area contributed by atoms with Crippen molar-refractivity contribution in [2.75, 3.05) is 11.8 Å². The minimum absolute atomic E-state index is 0.108. The van der Waals surface area contributed by atoms with Crippen molar-refractivity contribution in [2.45, 2.75) is 31.6 Å². The van der Waals surface area contributed by atoms with E-state index in [9.17, 15) is 8.42 Å². The van der Waals surface area contributed by atoms with Gasteiger partial charge < -0.3 is 4.74 Å². The van der Waals surface area contributed by atoms with Gasteiger partial charge in [0.05, 0.1) is 22.7 Å². The molecule has 23 heavy (non-hydrogen) atoms. The van der Waals surface area contributed by atoms with E-state index < -0.39 is 10.0 Å². The Morgan fingerprint density at radius 2 is 1.74 bits per heavy atom. The van der Waals surface area contributed by atoms with Crippen LogP contribution in [0.3, 0.4) is 0 Å². The molecule has 1 N–H and O–H groups in total. The smallest absolute Gasteiger partial charge is 0.261 e. The lowest BCUT2D eigenvalue weighted by Gasteiger charge is -2.17. The van der Waals surface area contributed by atoms with Crippen molar-refractivity contribution < 1.29 is 13.2 Å². The molecule has 0 atom stereocenters. The van der Waals surface area contributed by atoms with Crippen molar-refractivity contribution in [1.29, 1.82) is 0 Å². The van der Waals surface area contributed by atoms with E-state index in [-0.39, 0.29) is 10.8 Å². The summed E-state index contributed by atoms with van der Waals surface area (Å²) in [4.78, 5) is 0.213. The lowest BCUT2D eigenvalue weighted by atomic mass is 10.0. The minimum Gasteiger partial charge on any atom is -0.495 e. The first-order valence-corrected chi connectivity index (χ1v) is 9.07. The quantitative estimate of drug-likeness (QED) is 0.855. The molecule has 2 aromatic rings. The highest BCUT2D eigenvalue weighted by Gasteiger charge is 2.19. The summed E-state index contributed by atoms with van der Waals surface area (Å²) < 4.78 is 33.0. The van der Waals surface area contributed by atoms with Crippen molar-refractivity contribution in [3.8, 4) is 5.75 Å². The molecule has 124 valence electrons. The summed E-state index contributed by atoms with van der Waals surface area (Å²) in [5.74, 6) is 0.630. The third-order valence-electron chi connectivity index (χ3n) is 3.52. The Hall–Kier alpha value is -1.72. The fraction of sp³-hybridized carbons (Fsp3) is 0.294. The molecular weight excluding hydrogens is 334 g/mol. The van der Waals surface area contributed by atoms with Gasteiger partial charge in [-0.1, -0.05) is 43.1 Å². The third-order valence-corrected chi connectivity index (χ3v) is 5.20. The molecule has 0 spiro atoms. The summed E-state index contributed by atoms with van der Waals surface area (Å²) >= 11 is 6.14. The number of ether oxygens (including phenoxy) is 1. The van der Waals surface area contributed by atoms with E-state index in [0.29, 0.717) is 16.5 Å². The summed E-state index contributed by atoms with van der Waals surface area (Å²) in [6, 6.07) is 10.0. The summed E-state index contributed by atoms with van der Waals surface area (Å²) in [6.07, 6.45) is 0. The van der Waals surface area contributed by atoms with E-state index in [1.54, 1.807) is 36.4 Å². The number of rotatable bonds is 5. The van der Waals surface area contributed by atoms with Crippen LogP contribution in [0.25, 0.3) is 0 Å². The highest BCUT2D eigenvalue weighted by molar-refractivity contribution is 7.92. The minimum atomic E-state index is -3.67. The van der Waals surface area contributed by atoms with Crippen molar-refractivity contribution in [3.63, 3.8) is 0 Å². The predicted molar refractivity (Wildman–Crippen MR) is 94.1 cm³/mol. The second kappa shape index (κ2) is 6.81. The average Bonchev–Trinajstić information content (AvgIpc) is 2.47. The Balaban J connectivity index is 2.46. The number of sulfonamides is 1. The maximum Gasteiger partial charge on any atom is 0.261 e. The Kier molecular flexibility index (Phi) is 5.22. The second-order valence-electron chi connectivity index (χ2n) is 5.65. The van der Waals surface area contributed by atoms with E-state index in [0.717, 1.165) is 11.1 Å². The lowest BCUT2D eigenvalue weighted by Crippen LogP contribution is -2.14. The summed E-state index contributed by atoms with van der Waals surface area (Å²) in [5.41, 5.74) is 2.28. The van der Waals surface area contributed by atoms with Gasteiger partial charge >= 0.3 is 0 Å². The molecule has 0 saturated heterocycles. The van der Waals surface area contributed by atoms with Gasteiger partial charge in [0.15, 0.2) is 0 Å². The third kappa shape index (κ3) is 3.98. The number of hydrogen-bond donors (Lipinski definition) is 1. The van der Waals surface area contributed by atoms with E-state index in [1.165, 1.54) is 7.11 Å². The Bertz CT molecular complexity index is 799. The molecule has 0 bridgehead atoms. The van der Waals surface area contributed by atoms with Crippen LogP contribution in [0.15, 0.2) is 41.3 Å². The molecule has 0 aromatic heterocycles. The molecule has 0 fully saturated rings. The summed E-state index contributed by atoms with van der Waals surface area (Å²) in [5, 5.41) is 0.360. The van der Waals surface area contributed by atoms with Gasteiger partial charge in [-0.3, -0.25) is 4.72 Å². The van der Waals surface area contributed by atoms with Crippen LogP contribution in [0.4, 0.5) is 5.69 Å². The van der Waals surface area contributed by atoms with Gasteiger partial charge in [-0.05, 0) is 42.7 Å². The Morgan fingerprint density at radius 3 is 2.26 bits per heavy atom. The molecule has 0 aliphatic carbocycles. The first kappa shape index (κ1) is 17.6. The zero-order chi connectivity index (χ0) is 17.2. The number of halogens is 1. The van der Waals surface area contributed by atoms with E-state index in [2.05, 4.69) is 4.72 Å². The van der Waals surface area contributed by atoms with Gasteiger partial charge in [0, 0.05) is 0 Å². The van der Waals surface area contributed by atoms with Crippen LogP contribution >= 0.6 is 11.6 Å². The first-order chi connectivity index (χ1) is 10.7. The van der Waals surface area contributed by atoms with Crippen LogP contribution in [0.1, 0.15) is 30.9 Å². The highest BCUT2D eigenvalue weighted by Crippen LogP contribution is 2.35. The van der Waals surface area contributed by atoms with Gasteiger partial charge in [-0.15, -0.1) is 0 Å². The normalized spacial score (nSPS) is 11.6. The van der Waals surface area contributed by atoms with E-state index in [4.69, 9.17) is 16.3 Å². The molecule has 0 amide bonds. The number of benzene rings is 2. The number of hydrogen-bond acceptors (Lipinski definition) is 3. The zero-order valence-corrected chi connectivity index (χ0v) is 15.1.